The Kier molecular flexibility index (Phi) is 6.94. The van der Waals surface area contributed by atoms with Crippen LogP contribution in [0, 0.1) is 0 Å². The maximum Gasteiger partial charge on any atom is 0.274 e. The Hall–Kier alpha value is -3.38. The number of carbonyl (C=O) groups excluding carboxylic acids is 2. The molecule has 0 atom stereocenters. The second-order valence-electron chi connectivity index (χ2n) is 7.53. The highest BCUT2D eigenvalue weighted by molar-refractivity contribution is 6.42. The largest absolute Gasteiger partial charge is 0.352 e. The monoisotopic (exact) mass is 478 g/mol. The van der Waals surface area contributed by atoms with E-state index in [2.05, 4.69) is 4.98 Å². The number of hydrogen-bond donors (Lipinski definition) is 3. The first-order valence-electron chi connectivity index (χ1n) is 10.3. The first-order valence-corrected chi connectivity index (χ1v) is 11.0. The second-order valence-corrected chi connectivity index (χ2v) is 8.34. The lowest BCUT2D eigenvalue weighted by molar-refractivity contribution is 0.0706. The fourth-order valence-electron chi connectivity index (χ4n) is 3.61. The van der Waals surface area contributed by atoms with Crippen LogP contribution in [-0.4, -0.2) is 21.9 Å². The number of halogens is 2. The van der Waals surface area contributed by atoms with Gasteiger partial charge in [-0.3, -0.25) is 14.8 Å². The van der Waals surface area contributed by atoms with Gasteiger partial charge in [-0.15, -0.1) is 0 Å². The SMILES string of the molecule is O=C(NO)c1ccc(CCC(=O)c2[nH]c(-c3ccccc3)cc2-c2ccc(Cl)c(Cl)c2)cc1. The van der Waals surface area contributed by atoms with Gasteiger partial charge in [0.1, 0.15) is 0 Å². The van der Waals surface area contributed by atoms with Crippen LogP contribution in [0.15, 0.2) is 78.9 Å². The third-order valence-electron chi connectivity index (χ3n) is 5.37. The zero-order valence-electron chi connectivity index (χ0n) is 17.4. The maximum atomic E-state index is 13.2. The molecule has 1 amide bonds. The molecule has 1 aromatic heterocycles. The van der Waals surface area contributed by atoms with E-state index in [0.29, 0.717) is 27.7 Å². The number of hydrogen-bond acceptors (Lipinski definition) is 3. The summed E-state index contributed by atoms with van der Waals surface area (Å²) >= 11 is 12.3. The van der Waals surface area contributed by atoms with Gasteiger partial charge < -0.3 is 4.98 Å². The fraction of sp³-hybridized carbons (Fsp3) is 0.0769. The smallest absolute Gasteiger partial charge is 0.274 e. The molecule has 0 aliphatic heterocycles. The van der Waals surface area contributed by atoms with Crippen molar-refractivity contribution < 1.29 is 14.8 Å². The zero-order valence-corrected chi connectivity index (χ0v) is 19.0. The Morgan fingerprint density at radius 1 is 0.848 bits per heavy atom. The van der Waals surface area contributed by atoms with Crippen LogP contribution in [0.5, 0.6) is 0 Å². The van der Waals surface area contributed by atoms with Gasteiger partial charge >= 0.3 is 0 Å². The molecule has 33 heavy (non-hydrogen) atoms. The van der Waals surface area contributed by atoms with E-state index in [-0.39, 0.29) is 12.2 Å². The van der Waals surface area contributed by atoms with E-state index < -0.39 is 5.91 Å². The highest BCUT2D eigenvalue weighted by Gasteiger charge is 2.18. The van der Waals surface area contributed by atoms with E-state index in [1.165, 1.54) is 0 Å². The molecule has 5 nitrogen and oxygen atoms in total. The Morgan fingerprint density at radius 2 is 1.58 bits per heavy atom. The van der Waals surface area contributed by atoms with Crippen molar-refractivity contribution in [3.05, 3.63) is 106 Å². The van der Waals surface area contributed by atoms with Crippen molar-refractivity contribution in [2.75, 3.05) is 0 Å². The Bertz CT molecular complexity index is 1300. The van der Waals surface area contributed by atoms with Crippen LogP contribution < -0.4 is 5.48 Å². The fourth-order valence-corrected chi connectivity index (χ4v) is 3.91. The second kappa shape index (κ2) is 10.0. The van der Waals surface area contributed by atoms with Gasteiger partial charge in [0.2, 0.25) is 0 Å². The Balaban J connectivity index is 1.62. The standard InChI is InChI=1S/C26H20Cl2N2O3/c27-21-12-11-19(14-22(21)28)20-15-23(17-4-2-1-3-5-17)29-25(20)24(31)13-8-16-6-9-18(10-7-16)26(32)30-33/h1-7,9-12,14-15,29,33H,8,13H2,(H,30,32). The molecule has 7 heteroatoms. The van der Waals surface area contributed by atoms with E-state index in [9.17, 15) is 9.59 Å². The molecular formula is C26H20Cl2N2O3. The third-order valence-corrected chi connectivity index (χ3v) is 6.11. The van der Waals surface area contributed by atoms with E-state index in [0.717, 1.165) is 27.9 Å². The summed E-state index contributed by atoms with van der Waals surface area (Å²) in [6, 6.07) is 23.8. The number of amides is 1. The van der Waals surface area contributed by atoms with Crippen LogP contribution in [0.1, 0.15) is 32.8 Å². The zero-order chi connectivity index (χ0) is 23.4. The van der Waals surface area contributed by atoms with Gasteiger partial charge in [0.25, 0.3) is 5.91 Å². The molecule has 1 heterocycles. The molecule has 3 aromatic carbocycles. The number of nitrogens with one attached hydrogen (secondary N) is 2. The molecule has 0 bridgehead atoms. The minimum atomic E-state index is -0.580. The van der Waals surface area contributed by atoms with Gasteiger partial charge in [0.15, 0.2) is 5.78 Å². The van der Waals surface area contributed by atoms with E-state index in [4.69, 9.17) is 28.4 Å². The van der Waals surface area contributed by atoms with Crippen molar-refractivity contribution in [2.45, 2.75) is 12.8 Å². The van der Waals surface area contributed by atoms with Crippen molar-refractivity contribution in [2.24, 2.45) is 0 Å². The summed E-state index contributed by atoms with van der Waals surface area (Å²) in [5, 5.41) is 9.60. The molecule has 0 fully saturated rings. The van der Waals surface area contributed by atoms with Gasteiger partial charge in [0.05, 0.1) is 15.7 Å². The minimum Gasteiger partial charge on any atom is -0.352 e. The lowest BCUT2D eigenvalue weighted by atomic mass is 9.99. The average Bonchev–Trinajstić information content (AvgIpc) is 3.30. The van der Waals surface area contributed by atoms with Gasteiger partial charge in [-0.05, 0) is 53.4 Å². The molecule has 3 N–H and O–H groups in total. The third kappa shape index (κ3) is 5.17. The molecule has 0 saturated carbocycles. The molecule has 0 saturated heterocycles. The lowest BCUT2D eigenvalue weighted by Crippen LogP contribution is -2.18. The average molecular weight is 479 g/mol. The molecule has 0 radical (unpaired) electrons. The number of carbonyl (C=O) groups is 2. The summed E-state index contributed by atoms with van der Waals surface area (Å²) in [5.41, 5.74) is 6.71. The molecule has 0 aliphatic rings. The van der Waals surface area contributed by atoms with Crippen LogP contribution in [0.25, 0.3) is 22.4 Å². The number of hydroxylamine groups is 1. The van der Waals surface area contributed by atoms with Gasteiger partial charge in [-0.1, -0.05) is 71.7 Å². The number of aromatic amines is 1. The summed E-state index contributed by atoms with van der Waals surface area (Å²) in [7, 11) is 0. The minimum absolute atomic E-state index is 0.0459. The summed E-state index contributed by atoms with van der Waals surface area (Å²) in [6.07, 6.45) is 0.773. The normalized spacial score (nSPS) is 10.8. The van der Waals surface area contributed by atoms with Gasteiger partial charge in [-0.2, -0.15) is 0 Å². The molecule has 0 aliphatic carbocycles. The molecule has 4 rings (SSSR count). The first kappa shape index (κ1) is 22.8. The van der Waals surface area contributed by atoms with Crippen molar-refractivity contribution in [1.82, 2.24) is 10.5 Å². The predicted octanol–water partition coefficient (Wildman–Crippen LogP) is 6.59. The van der Waals surface area contributed by atoms with Crippen molar-refractivity contribution in [3.8, 4) is 22.4 Å². The summed E-state index contributed by atoms with van der Waals surface area (Å²) in [4.78, 5) is 28.0. The van der Waals surface area contributed by atoms with Gasteiger partial charge in [0, 0.05) is 23.2 Å². The van der Waals surface area contributed by atoms with E-state index in [1.54, 1.807) is 41.9 Å². The van der Waals surface area contributed by atoms with Gasteiger partial charge in [-0.25, -0.2) is 5.48 Å². The Labute approximate surface area is 200 Å². The number of benzene rings is 3. The van der Waals surface area contributed by atoms with Crippen LogP contribution >= 0.6 is 23.2 Å². The number of aryl methyl sites for hydroxylation is 1. The number of aromatic nitrogens is 1. The van der Waals surface area contributed by atoms with Crippen molar-refractivity contribution >= 4 is 34.9 Å². The van der Waals surface area contributed by atoms with E-state index >= 15 is 0 Å². The van der Waals surface area contributed by atoms with Crippen LogP contribution in [0.4, 0.5) is 0 Å². The van der Waals surface area contributed by atoms with Crippen LogP contribution in [0.2, 0.25) is 10.0 Å². The molecule has 4 aromatic rings. The molecule has 166 valence electrons. The predicted molar refractivity (Wildman–Crippen MR) is 130 cm³/mol. The van der Waals surface area contributed by atoms with Crippen molar-refractivity contribution in [3.63, 3.8) is 0 Å². The highest BCUT2D eigenvalue weighted by Crippen LogP contribution is 2.34. The Morgan fingerprint density at radius 3 is 2.24 bits per heavy atom. The lowest BCUT2D eigenvalue weighted by Gasteiger charge is -2.06. The molecule has 0 spiro atoms. The molecular weight excluding hydrogens is 459 g/mol. The van der Waals surface area contributed by atoms with E-state index in [1.807, 2.05) is 42.5 Å². The maximum absolute atomic E-state index is 13.2. The quantitative estimate of drug-likeness (QED) is 0.159. The summed E-state index contributed by atoms with van der Waals surface area (Å²) in [5.74, 6) is -0.626. The summed E-state index contributed by atoms with van der Waals surface area (Å²) in [6.45, 7) is 0. The number of ketones is 1. The number of Topliss-reactive ketones (excluding diaryl/α,β-unsaturated/α-hetero) is 1. The number of rotatable bonds is 7. The highest BCUT2D eigenvalue weighted by atomic mass is 35.5. The van der Waals surface area contributed by atoms with Crippen molar-refractivity contribution in [1.29, 1.82) is 0 Å². The molecule has 0 unspecified atom stereocenters. The summed E-state index contributed by atoms with van der Waals surface area (Å²) < 4.78 is 0. The van der Waals surface area contributed by atoms with Crippen LogP contribution in [0.3, 0.4) is 0 Å². The first-order chi connectivity index (χ1) is 16.0. The topological polar surface area (TPSA) is 82.2 Å². The van der Waals surface area contributed by atoms with Crippen LogP contribution in [-0.2, 0) is 6.42 Å². The number of H-pyrrole nitrogens is 1.